The summed E-state index contributed by atoms with van der Waals surface area (Å²) in [5, 5.41) is 10.6. The molecule has 3 aromatic rings. The quantitative estimate of drug-likeness (QED) is 0.441. The van der Waals surface area contributed by atoms with Gasteiger partial charge in [0.15, 0.2) is 0 Å². The predicted octanol–water partition coefficient (Wildman–Crippen LogP) is 2.87. The number of amides is 2. The molecule has 2 aliphatic rings. The van der Waals surface area contributed by atoms with E-state index in [0.717, 1.165) is 30.8 Å². The van der Waals surface area contributed by atoms with Crippen molar-refractivity contribution in [1.29, 1.82) is 0 Å². The summed E-state index contributed by atoms with van der Waals surface area (Å²) >= 11 is 0. The van der Waals surface area contributed by atoms with Crippen LogP contribution in [0.4, 0.5) is 4.39 Å². The van der Waals surface area contributed by atoms with Crippen molar-refractivity contribution in [2.45, 2.75) is 24.4 Å². The highest BCUT2D eigenvalue weighted by Crippen LogP contribution is 2.40. The van der Waals surface area contributed by atoms with Crippen LogP contribution in [0.2, 0.25) is 0 Å². The Hall–Kier alpha value is -2.98. The van der Waals surface area contributed by atoms with Crippen LogP contribution in [0.15, 0.2) is 67.0 Å². The standard InChI is InChI=1S/C27H31FN6O2.2ClH/c1-32-13-15-33(16-14-32)27(36)25(18-29-24-17-23(24)19-3-7-21(28)8-4-19)31-26(35)20-5-9-22(10-6-20)34-12-2-11-30-34;;/h2-12,23-25,29H,13-18H2,1H3,(H,31,35);2*1H/t23-,24+,25-;;/m0../s1. The van der Waals surface area contributed by atoms with Crippen molar-refractivity contribution >= 4 is 36.6 Å². The molecule has 38 heavy (non-hydrogen) atoms. The molecule has 1 saturated carbocycles. The van der Waals surface area contributed by atoms with Crippen molar-refractivity contribution in [3.8, 4) is 5.69 Å². The molecular weight excluding hydrogens is 530 g/mol. The molecule has 0 bridgehead atoms. The Bertz CT molecular complexity index is 1190. The van der Waals surface area contributed by atoms with Crippen LogP contribution in [0, 0.1) is 5.82 Å². The Kier molecular flexibility index (Phi) is 10.3. The fraction of sp³-hybridized carbons (Fsp3) is 0.370. The lowest BCUT2D eigenvalue weighted by atomic mass is 10.1. The molecule has 2 aromatic carbocycles. The molecule has 2 fully saturated rings. The molecule has 3 atom stereocenters. The molecule has 5 rings (SSSR count). The van der Waals surface area contributed by atoms with Gasteiger partial charge >= 0.3 is 0 Å². The van der Waals surface area contributed by atoms with Gasteiger partial charge in [-0.25, -0.2) is 9.07 Å². The minimum Gasteiger partial charge on any atom is -0.339 e. The third-order valence-electron chi connectivity index (χ3n) is 6.99. The van der Waals surface area contributed by atoms with Crippen molar-refractivity contribution in [2.24, 2.45) is 0 Å². The fourth-order valence-electron chi connectivity index (χ4n) is 4.64. The maximum absolute atomic E-state index is 13.4. The number of nitrogens with one attached hydrogen (secondary N) is 2. The average molecular weight is 564 g/mol. The number of hydrogen-bond donors (Lipinski definition) is 2. The first-order valence-electron chi connectivity index (χ1n) is 12.3. The van der Waals surface area contributed by atoms with Crippen LogP contribution in [0.5, 0.6) is 0 Å². The van der Waals surface area contributed by atoms with E-state index in [1.165, 1.54) is 12.1 Å². The SMILES string of the molecule is CN1CCN(C(=O)[C@H](CN[C@@H]2C[C@H]2c2ccc(F)cc2)NC(=O)c2ccc(-n3cccn3)cc2)CC1.Cl.Cl. The number of rotatable bonds is 8. The second kappa shape index (κ2) is 13.2. The van der Waals surface area contributed by atoms with Gasteiger partial charge in [-0.1, -0.05) is 12.1 Å². The summed E-state index contributed by atoms with van der Waals surface area (Å²) in [5.74, 6) is -0.323. The lowest BCUT2D eigenvalue weighted by Crippen LogP contribution is -2.57. The number of hydrogen-bond acceptors (Lipinski definition) is 5. The molecule has 2 amide bonds. The first kappa shape index (κ1) is 29.6. The zero-order valence-corrected chi connectivity index (χ0v) is 22.8. The Morgan fingerprint density at radius 1 is 1.03 bits per heavy atom. The summed E-state index contributed by atoms with van der Waals surface area (Å²) in [6.45, 7) is 3.24. The van der Waals surface area contributed by atoms with Crippen LogP contribution in [0.3, 0.4) is 0 Å². The van der Waals surface area contributed by atoms with E-state index in [4.69, 9.17) is 0 Å². The number of piperazine rings is 1. The van der Waals surface area contributed by atoms with Crippen LogP contribution in [0.1, 0.15) is 28.3 Å². The highest BCUT2D eigenvalue weighted by atomic mass is 35.5. The first-order valence-corrected chi connectivity index (χ1v) is 12.3. The summed E-state index contributed by atoms with van der Waals surface area (Å²) < 4.78 is 15.0. The summed E-state index contributed by atoms with van der Waals surface area (Å²) in [5.41, 5.74) is 2.42. The zero-order chi connectivity index (χ0) is 25.1. The van der Waals surface area contributed by atoms with Gasteiger partial charge in [-0.2, -0.15) is 5.10 Å². The second-order valence-electron chi connectivity index (χ2n) is 9.56. The van der Waals surface area contributed by atoms with E-state index in [-0.39, 0.29) is 54.4 Å². The van der Waals surface area contributed by atoms with Gasteiger partial charge in [0, 0.05) is 62.6 Å². The van der Waals surface area contributed by atoms with E-state index in [9.17, 15) is 14.0 Å². The normalized spacial score (nSPS) is 19.6. The minimum absolute atomic E-state index is 0. The molecule has 2 N–H and O–H groups in total. The van der Waals surface area contributed by atoms with Gasteiger partial charge in [0.05, 0.1) is 5.69 Å². The molecule has 11 heteroatoms. The number of aromatic nitrogens is 2. The third-order valence-corrected chi connectivity index (χ3v) is 6.99. The number of halogens is 3. The maximum Gasteiger partial charge on any atom is 0.251 e. The Morgan fingerprint density at radius 2 is 1.71 bits per heavy atom. The van der Waals surface area contributed by atoms with E-state index in [2.05, 4.69) is 20.6 Å². The van der Waals surface area contributed by atoms with Crippen molar-refractivity contribution in [2.75, 3.05) is 39.8 Å². The lowest BCUT2D eigenvalue weighted by molar-refractivity contribution is -0.134. The van der Waals surface area contributed by atoms with Crippen molar-refractivity contribution in [3.63, 3.8) is 0 Å². The largest absolute Gasteiger partial charge is 0.339 e. The van der Waals surface area contributed by atoms with Crippen LogP contribution >= 0.6 is 24.8 Å². The maximum atomic E-state index is 13.4. The molecule has 2 heterocycles. The zero-order valence-electron chi connectivity index (χ0n) is 21.1. The number of carbonyl (C=O) groups is 2. The van der Waals surface area contributed by atoms with Gasteiger partial charge in [-0.15, -0.1) is 24.8 Å². The second-order valence-corrected chi connectivity index (χ2v) is 9.56. The lowest BCUT2D eigenvalue weighted by Gasteiger charge is -2.35. The average Bonchev–Trinajstić information content (AvgIpc) is 3.46. The van der Waals surface area contributed by atoms with Crippen molar-refractivity contribution in [1.82, 2.24) is 30.2 Å². The Balaban J connectivity index is 0.00000200. The van der Waals surface area contributed by atoms with Crippen LogP contribution in [-0.2, 0) is 4.79 Å². The van der Waals surface area contributed by atoms with E-state index in [1.54, 1.807) is 23.0 Å². The number of benzene rings is 2. The number of likely N-dealkylation sites (N-methyl/N-ethyl adjacent to an activating group) is 1. The summed E-state index contributed by atoms with van der Waals surface area (Å²) in [6.07, 6.45) is 4.45. The summed E-state index contributed by atoms with van der Waals surface area (Å²) in [4.78, 5) is 30.5. The molecule has 0 unspecified atom stereocenters. The molecule has 0 spiro atoms. The molecule has 204 valence electrons. The van der Waals surface area contributed by atoms with Crippen molar-refractivity contribution in [3.05, 3.63) is 83.9 Å². The van der Waals surface area contributed by atoms with Gasteiger partial charge in [0.25, 0.3) is 5.91 Å². The molecule has 8 nitrogen and oxygen atoms in total. The third kappa shape index (κ3) is 7.11. The van der Waals surface area contributed by atoms with Gasteiger partial charge in [0.1, 0.15) is 11.9 Å². The van der Waals surface area contributed by atoms with Crippen LogP contribution < -0.4 is 10.6 Å². The van der Waals surface area contributed by atoms with E-state index >= 15 is 0 Å². The van der Waals surface area contributed by atoms with E-state index < -0.39 is 6.04 Å². The van der Waals surface area contributed by atoms with Gasteiger partial charge in [0.2, 0.25) is 5.91 Å². The van der Waals surface area contributed by atoms with Crippen LogP contribution in [0.25, 0.3) is 5.69 Å². The van der Waals surface area contributed by atoms with Gasteiger partial charge < -0.3 is 20.4 Å². The molecule has 1 aliphatic heterocycles. The molecular formula is C27H33Cl2FN6O2. The molecule has 1 saturated heterocycles. The topological polar surface area (TPSA) is 82.5 Å². The molecule has 1 aromatic heterocycles. The summed E-state index contributed by atoms with van der Waals surface area (Å²) in [6, 6.07) is 15.1. The highest BCUT2D eigenvalue weighted by molar-refractivity contribution is 5.97. The van der Waals surface area contributed by atoms with Gasteiger partial charge in [-0.05, 0) is 61.5 Å². The monoisotopic (exact) mass is 562 g/mol. The molecule has 1 aliphatic carbocycles. The number of carbonyl (C=O) groups excluding carboxylic acids is 2. The van der Waals surface area contributed by atoms with E-state index in [0.29, 0.717) is 25.2 Å². The van der Waals surface area contributed by atoms with E-state index in [1.807, 2.05) is 48.5 Å². The Labute approximate surface area is 234 Å². The predicted molar refractivity (Wildman–Crippen MR) is 149 cm³/mol. The Morgan fingerprint density at radius 3 is 2.34 bits per heavy atom. The van der Waals surface area contributed by atoms with Crippen LogP contribution in [-0.4, -0.2) is 83.2 Å². The minimum atomic E-state index is -0.679. The number of nitrogens with zero attached hydrogens (tertiary/aromatic N) is 4. The first-order chi connectivity index (χ1) is 17.5. The highest BCUT2D eigenvalue weighted by Gasteiger charge is 2.39. The smallest absolute Gasteiger partial charge is 0.251 e. The van der Waals surface area contributed by atoms with Crippen molar-refractivity contribution < 1.29 is 14.0 Å². The van der Waals surface area contributed by atoms with Gasteiger partial charge in [-0.3, -0.25) is 9.59 Å². The molecule has 0 radical (unpaired) electrons. The fourth-order valence-corrected chi connectivity index (χ4v) is 4.64. The summed E-state index contributed by atoms with van der Waals surface area (Å²) in [7, 11) is 2.04.